The van der Waals surface area contributed by atoms with Gasteiger partial charge in [0, 0.05) is 4.48 Å². The fraction of sp³-hybridized carbons (Fsp3) is 0.545. The molecule has 19 heavy (non-hydrogen) atoms. The lowest BCUT2D eigenvalue weighted by molar-refractivity contribution is -0.182. The number of carbonyl (C=O) groups is 3. The van der Waals surface area contributed by atoms with E-state index in [1.165, 1.54) is 20.3 Å². The van der Waals surface area contributed by atoms with Gasteiger partial charge in [-0.3, -0.25) is 14.4 Å². The van der Waals surface area contributed by atoms with Gasteiger partial charge in [-0.05, 0) is 6.08 Å². The highest BCUT2D eigenvalue weighted by Crippen LogP contribution is 2.51. The van der Waals surface area contributed by atoms with Gasteiger partial charge in [0.2, 0.25) is 0 Å². The van der Waals surface area contributed by atoms with Crippen molar-refractivity contribution in [3.8, 4) is 0 Å². The second-order valence-corrected chi connectivity index (χ2v) is 6.40. The Hall–Kier alpha value is -0.890. The molecule has 1 saturated heterocycles. The molecule has 0 aromatic carbocycles. The Bertz CT molecular complexity index is 488. The van der Waals surface area contributed by atoms with Crippen LogP contribution in [0.25, 0.3) is 0 Å². The molecule has 1 fully saturated rings. The number of esters is 3. The van der Waals surface area contributed by atoms with Crippen molar-refractivity contribution in [1.29, 1.82) is 0 Å². The van der Waals surface area contributed by atoms with Gasteiger partial charge in [-0.1, -0.05) is 31.9 Å². The highest BCUT2D eigenvalue weighted by atomic mass is 79.9. The topological polar surface area (TPSA) is 78.9 Å². The maximum Gasteiger partial charge on any atom is 0.328 e. The molecule has 2 heterocycles. The molecule has 1 aliphatic carbocycles. The van der Waals surface area contributed by atoms with Crippen LogP contribution in [0.4, 0.5) is 0 Å². The van der Waals surface area contributed by atoms with E-state index in [4.69, 9.17) is 4.74 Å². The third-order valence-electron chi connectivity index (χ3n) is 3.23. The number of fused-ring (bicyclic) bond motifs is 2. The lowest BCUT2D eigenvalue weighted by atomic mass is 9.71. The summed E-state index contributed by atoms with van der Waals surface area (Å²) in [6.07, 6.45) is 0.647. The molecule has 0 spiro atoms. The minimum atomic E-state index is -1.42. The first-order valence-corrected chi connectivity index (χ1v) is 6.89. The second-order valence-electron chi connectivity index (χ2n) is 4.17. The van der Waals surface area contributed by atoms with E-state index in [1.807, 2.05) is 0 Å². The highest BCUT2D eigenvalue weighted by molar-refractivity contribution is 9.12. The van der Waals surface area contributed by atoms with E-state index in [2.05, 4.69) is 41.3 Å². The van der Waals surface area contributed by atoms with Crippen LogP contribution >= 0.6 is 31.9 Å². The van der Waals surface area contributed by atoms with Gasteiger partial charge >= 0.3 is 17.9 Å². The molecular formula is C11H10Br2O6. The summed E-state index contributed by atoms with van der Waals surface area (Å²) in [5.74, 6) is -3.92. The Labute approximate surface area is 125 Å². The summed E-state index contributed by atoms with van der Waals surface area (Å²) in [4.78, 5) is 35.7. The lowest BCUT2D eigenvalue weighted by Crippen LogP contribution is -2.62. The summed E-state index contributed by atoms with van der Waals surface area (Å²) >= 11 is 6.43. The van der Waals surface area contributed by atoms with Crippen molar-refractivity contribution in [3.63, 3.8) is 0 Å². The van der Waals surface area contributed by atoms with Crippen LogP contribution in [0.3, 0.4) is 0 Å². The first kappa shape index (κ1) is 14.5. The van der Waals surface area contributed by atoms with Gasteiger partial charge in [0.15, 0.2) is 4.32 Å². The monoisotopic (exact) mass is 396 g/mol. The lowest BCUT2D eigenvalue weighted by Gasteiger charge is -2.46. The Morgan fingerprint density at radius 2 is 1.89 bits per heavy atom. The third kappa shape index (κ3) is 2.01. The zero-order valence-corrected chi connectivity index (χ0v) is 13.2. The Morgan fingerprint density at radius 3 is 2.42 bits per heavy atom. The van der Waals surface area contributed by atoms with Crippen LogP contribution in [-0.2, 0) is 28.6 Å². The largest absolute Gasteiger partial charge is 0.469 e. The molecule has 4 unspecified atom stereocenters. The zero-order chi connectivity index (χ0) is 14.4. The number of halogens is 2. The maximum absolute atomic E-state index is 11.9. The molecule has 2 aliphatic heterocycles. The first-order valence-electron chi connectivity index (χ1n) is 5.30. The summed E-state index contributed by atoms with van der Waals surface area (Å²) in [6.45, 7) is 0. The molecule has 0 amide bonds. The summed E-state index contributed by atoms with van der Waals surface area (Å²) in [5, 5.41) is 0. The molecule has 2 bridgehead atoms. The standard InChI is InChI=1S/C11H10Br2O6/c1-17-8(14)5-6(9(15)18-2)11(13)3-4(12)7(5)19-10(11)16/h3,5-7H,1-2H3. The van der Waals surface area contributed by atoms with Gasteiger partial charge in [-0.2, -0.15) is 0 Å². The van der Waals surface area contributed by atoms with Gasteiger partial charge in [-0.15, -0.1) is 0 Å². The van der Waals surface area contributed by atoms with E-state index in [-0.39, 0.29) is 0 Å². The molecule has 4 atom stereocenters. The predicted molar refractivity (Wildman–Crippen MR) is 69.6 cm³/mol. The van der Waals surface area contributed by atoms with E-state index >= 15 is 0 Å². The minimum Gasteiger partial charge on any atom is -0.469 e. The van der Waals surface area contributed by atoms with Crippen molar-refractivity contribution in [2.45, 2.75) is 10.4 Å². The molecule has 0 saturated carbocycles. The van der Waals surface area contributed by atoms with Crippen molar-refractivity contribution >= 4 is 49.8 Å². The third-order valence-corrected chi connectivity index (χ3v) is 4.96. The average molecular weight is 398 g/mol. The zero-order valence-electron chi connectivity index (χ0n) is 10.0. The normalized spacial score (nSPS) is 36.3. The molecular weight excluding hydrogens is 388 g/mol. The summed E-state index contributed by atoms with van der Waals surface area (Å²) in [5.41, 5.74) is 0. The SMILES string of the molecule is COC(=O)C1C2OC(=O)C(Br)(C=C2Br)C1C(=O)OC. The van der Waals surface area contributed by atoms with Crippen molar-refractivity contribution in [2.24, 2.45) is 11.8 Å². The van der Waals surface area contributed by atoms with Crippen molar-refractivity contribution in [2.75, 3.05) is 14.2 Å². The van der Waals surface area contributed by atoms with Gasteiger partial charge in [0.1, 0.15) is 17.9 Å². The summed E-state index contributed by atoms with van der Waals surface area (Å²) in [7, 11) is 2.40. The van der Waals surface area contributed by atoms with Crippen LogP contribution in [0.5, 0.6) is 0 Å². The molecule has 6 nitrogen and oxygen atoms in total. The molecule has 0 N–H and O–H groups in total. The molecule has 3 rings (SSSR count). The van der Waals surface area contributed by atoms with E-state index in [0.29, 0.717) is 4.48 Å². The fourth-order valence-corrected chi connectivity index (χ4v) is 4.20. The molecule has 0 aromatic heterocycles. The molecule has 0 radical (unpaired) electrons. The number of hydrogen-bond acceptors (Lipinski definition) is 6. The van der Waals surface area contributed by atoms with Crippen LogP contribution in [0.2, 0.25) is 0 Å². The molecule has 8 heteroatoms. The average Bonchev–Trinajstić information content (AvgIpc) is 2.38. The maximum atomic E-state index is 11.9. The van der Waals surface area contributed by atoms with Crippen molar-refractivity contribution < 1.29 is 28.6 Å². The van der Waals surface area contributed by atoms with Crippen LogP contribution in [-0.4, -0.2) is 42.6 Å². The quantitative estimate of drug-likeness (QED) is 0.391. The predicted octanol–water partition coefficient (Wildman–Crippen LogP) is 0.916. The van der Waals surface area contributed by atoms with Gasteiger partial charge < -0.3 is 14.2 Å². The summed E-state index contributed by atoms with van der Waals surface area (Å²) in [6, 6.07) is 0. The van der Waals surface area contributed by atoms with Crippen LogP contribution in [0, 0.1) is 11.8 Å². The minimum absolute atomic E-state index is 0.513. The smallest absolute Gasteiger partial charge is 0.328 e. The second kappa shape index (κ2) is 4.90. The van der Waals surface area contributed by atoms with Gasteiger partial charge in [0.05, 0.1) is 14.2 Å². The van der Waals surface area contributed by atoms with Crippen LogP contribution in [0.15, 0.2) is 10.6 Å². The molecule has 0 aromatic rings. The Kier molecular flexibility index (Phi) is 3.74. The summed E-state index contributed by atoms with van der Waals surface area (Å²) < 4.78 is 13.6. The van der Waals surface area contributed by atoms with E-state index in [0.717, 1.165) is 0 Å². The fourth-order valence-electron chi connectivity index (χ4n) is 2.34. The number of ether oxygens (including phenoxy) is 3. The molecule has 104 valence electrons. The number of methoxy groups -OCH3 is 2. The highest BCUT2D eigenvalue weighted by Gasteiger charge is 2.65. The van der Waals surface area contributed by atoms with E-state index < -0.39 is 40.2 Å². The number of carbonyl (C=O) groups excluding carboxylic acids is 3. The van der Waals surface area contributed by atoms with E-state index in [1.54, 1.807) is 0 Å². The van der Waals surface area contributed by atoms with E-state index in [9.17, 15) is 14.4 Å². The van der Waals surface area contributed by atoms with Crippen molar-refractivity contribution in [1.82, 2.24) is 0 Å². The number of alkyl halides is 1. The number of hydrogen-bond donors (Lipinski definition) is 0. The van der Waals surface area contributed by atoms with Crippen LogP contribution in [0.1, 0.15) is 0 Å². The van der Waals surface area contributed by atoms with Gasteiger partial charge in [-0.25, -0.2) is 0 Å². The number of rotatable bonds is 2. The first-order chi connectivity index (χ1) is 8.86. The Balaban J connectivity index is 2.56. The van der Waals surface area contributed by atoms with Crippen molar-refractivity contribution in [3.05, 3.63) is 10.6 Å². The Morgan fingerprint density at radius 1 is 1.32 bits per heavy atom. The molecule has 3 aliphatic rings. The van der Waals surface area contributed by atoms with Crippen LogP contribution < -0.4 is 0 Å². The van der Waals surface area contributed by atoms with Gasteiger partial charge in [0.25, 0.3) is 0 Å².